The summed E-state index contributed by atoms with van der Waals surface area (Å²) in [6, 6.07) is 0.558. The van der Waals surface area contributed by atoms with E-state index >= 15 is 0 Å². The molecule has 17 heteroatoms. The Morgan fingerprint density at radius 3 is 2.02 bits per heavy atom. The van der Waals surface area contributed by atoms with Crippen molar-refractivity contribution >= 4 is 56.1 Å². The maximum absolute atomic E-state index is 11.6. The minimum atomic E-state index is -3.19. The first-order chi connectivity index (χ1) is 18.8. The van der Waals surface area contributed by atoms with Crippen molar-refractivity contribution in [3.63, 3.8) is 0 Å². The molecule has 4 fully saturated rings. The standard InChI is InChI=1S/C11H18N2O2S.C8H15N3O2S.C5H10N2O2S.3CH4.B/c1-2-11-5-3-9(4-6-11)13-7-8-16(14,15)12-10(11)13;1-2-10-4-3-5-11-6-7-14(12,13)9-8(10)11;1-2-3-5-6-4-10(8,9)7-5;;;;/h9H,2-8H2,1H3;2-7H2,1H3;2-4H2,1H3,(H,6,7);3*1H4;. The first-order valence-electron chi connectivity index (χ1n) is 14.3. The second kappa shape index (κ2) is 16.6. The van der Waals surface area contributed by atoms with Gasteiger partial charge in [-0.15, -0.1) is 8.80 Å². The summed E-state index contributed by atoms with van der Waals surface area (Å²) in [5.41, 5.74) is 0.0717. The molecule has 0 aromatic heterocycles. The van der Waals surface area contributed by atoms with Crippen LogP contribution in [0.25, 0.3) is 0 Å². The van der Waals surface area contributed by atoms with Gasteiger partial charge in [0.05, 0.1) is 11.5 Å². The molecule has 0 aromatic carbocycles. The van der Waals surface area contributed by atoms with Crippen LogP contribution >= 0.6 is 0 Å². The predicted molar refractivity (Wildman–Crippen MR) is 183 cm³/mol. The van der Waals surface area contributed by atoms with Crippen LogP contribution in [-0.2, 0) is 30.1 Å². The van der Waals surface area contributed by atoms with Crippen molar-refractivity contribution in [3.05, 3.63) is 0 Å². The third kappa shape index (κ3) is 9.81. The van der Waals surface area contributed by atoms with Crippen molar-refractivity contribution in [1.82, 2.24) is 19.4 Å². The largest absolute Gasteiger partial charge is 0.355 e. The quantitative estimate of drug-likeness (QED) is 0.440. The number of aliphatic imine (C=N–C) groups is 1. The van der Waals surface area contributed by atoms with Gasteiger partial charge in [0, 0.05) is 59.0 Å². The molecule has 3 radical (unpaired) electrons. The number of nitrogens with zero attached hydrogens (tertiary/aromatic N) is 6. The molecule has 13 nitrogen and oxygen atoms in total. The van der Waals surface area contributed by atoms with E-state index in [2.05, 4.69) is 35.2 Å². The fourth-order valence-electron chi connectivity index (χ4n) is 6.16. The molecule has 0 spiro atoms. The normalized spacial score (nSPS) is 27.8. The monoisotopic (exact) mass is 680 g/mol. The maximum atomic E-state index is 11.6. The number of sulfonamides is 3. The van der Waals surface area contributed by atoms with Gasteiger partial charge in [-0.05, 0) is 51.9 Å². The highest BCUT2D eigenvalue weighted by Gasteiger charge is 2.50. The molecule has 0 unspecified atom stereocenters. The maximum Gasteiger partial charge on any atom is 0.258 e. The van der Waals surface area contributed by atoms with Gasteiger partial charge in [-0.25, -0.2) is 25.3 Å². The van der Waals surface area contributed by atoms with E-state index in [4.69, 9.17) is 0 Å². The summed E-state index contributed by atoms with van der Waals surface area (Å²) in [4.78, 5) is 10.2. The Morgan fingerprint density at radius 1 is 0.864 bits per heavy atom. The molecule has 1 saturated carbocycles. The lowest BCUT2D eigenvalue weighted by molar-refractivity contribution is 0.104. The number of rotatable bonds is 4. The molecule has 6 heterocycles. The Balaban J connectivity index is 0.000000618. The molecule has 0 amide bonds. The van der Waals surface area contributed by atoms with E-state index < -0.39 is 30.1 Å². The summed E-state index contributed by atoms with van der Waals surface area (Å²) in [7, 11) is -9.44. The van der Waals surface area contributed by atoms with Crippen LogP contribution in [0.3, 0.4) is 0 Å². The highest BCUT2D eigenvalue weighted by Crippen LogP contribution is 2.49. The number of nitrogens with one attached hydrogen (secondary N) is 1. The molecular weight excluding hydrogens is 625 g/mol. The van der Waals surface area contributed by atoms with Crippen molar-refractivity contribution in [1.29, 1.82) is 0 Å². The second-order valence-electron chi connectivity index (χ2n) is 11.1. The van der Waals surface area contributed by atoms with Gasteiger partial charge >= 0.3 is 0 Å². The van der Waals surface area contributed by atoms with Gasteiger partial charge in [-0.2, -0.15) is 0 Å². The average molecular weight is 681 g/mol. The Hall–Kier alpha value is -1.88. The Kier molecular flexibility index (Phi) is 15.9. The Morgan fingerprint density at radius 2 is 1.48 bits per heavy atom. The van der Waals surface area contributed by atoms with Crippen LogP contribution in [-0.4, -0.2) is 122 Å². The molecule has 1 aliphatic carbocycles. The van der Waals surface area contributed by atoms with E-state index in [0.717, 1.165) is 64.0 Å². The molecule has 7 aliphatic rings. The van der Waals surface area contributed by atoms with Crippen LogP contribution in [0.2, 0.25) is 0 Å². The lowest BCUT2D eigenvalue weighted by Gasteiger charge is -2.55. The summed E-state index contributed by atoms with van der Waals surface area (Å²) >= 11 is 0. The van der Waals surface area contributed by atoms with Crippen LogP contribution in [0.15, 0.2) is 13.8 Å². The minimum absolute atomic E-state index is 0. The highest BCUT2D eigenvalue weighted by atomic mass is 32.2. The number of fused-ring (bicyclic) bond motifs is 3. The van der Waals surface area contributed by atoms with Crippen LogP contribution in [0.1, 0.15) is 94.4 Å². The van der Waals surface area contributed by atoms with Gasteiger partial charge in [0.1, 0.15) is 11.7 Å². The number of piperidine rings is 2. The molecule has 1 N–H and O–H groups in total. The van der Waals surface area contributed by atoms with Gasteiger partial charge in [0.25, 0.3) is 30.1 Å². The van der Waals surface area contributed by atoms with Crippen LogP contribution in [0, 0.1) is 5.41 Å². The zero-order valence-corrected chi connectivity index (χ0v) is 26.8. The lowest BCUT2D eigenvalue weighted by Crippen LogP contribution is -2.60. The number of amidine groups is 2. The Bertz CT molecular complexity index is 1360. The smallest absolute Gasteiger partial charge is 0.258 e. The van der Waals surface area contributed by atoms with E-state index in [1.807, 2.05) is 18.7 Å². The van der Waals surface area contributed by atoms with Gasteiger partial charge in [-0.3, -0.25) is 9.71 Å². The zero-order chi connectivity index (χ0) is 29.2. The van der Waals surface area contributed by atoms with Gasteiger partial charge < -0.3 is 14.7 Å². The highest BCUT2D eigenvalue weighted by molar-refractivity contribution is 7.90. The molecule has 44 heavy (non-hydrogen) atoms. The van der Waals surface area contributed by atoms with E-state index in [1.54, 1.807) is 0 Å². The molecule has 0 atom stereocenters. The zero-order valence-electron chi connectivity index (χ0n) is 24.3. The predicted octanol–water partition coefficient (Wildman–Crippen LogP) is 2.70. The molecule has 3 saturated heterocycles. The van der Waals surface area contributed by atoms with Crippen molar-refractivity contribution in [2.24, 2.45) is 19.2 Å². The summed E-state index contributed by atoms with van der Waals surface area (Å²) < 4.78 is 77.5. The van der Waals surface area contributed by atoms with Gasteiger partial charge in [0.15, 0.2) is 5.88 Å². The second-order valence-corrected chi connectivity index (χ2v) is 16.3. The molecule has 6 aliphatic heterocycles. The summed E-state index contributed by atoms with van der Waals surface area (Å²) in [6.45, 7) is 10.1. The van der Waals surface area contributed by atoms with Crippen LogP contribution in [0.4, 0.5) is 0 Å². The molecule has 7 rings (SSSR count). The van der Waals surface area contributed by atoms with Gasteiger partial charge in [-0.1, -0.05) is 36.1 Å². The number of hydrogen-bond donors (Lipinski definition) is 1. The summed E-state index contributed by atoms with van der Waals surface area (Å²) in [5, 5.41) is 0. The van der Waals surface area contributed by atoms with E-state index in [-0.39, 0.29) is 53.5 Å². The SMILES string of the molecule is C.C.C.CCC12CCC(CC1)N1CCS(=O)(=O)N=C12.CCCC1=NCS(=O)(=O)N1.CCN1CCCN2CCS(=O)(=O)N=C12.[B]. The van der Waals surface area contributed by atoms with E-state index in [9.17, 15) is 25.3 Å². The third-order valence-electron chi connectivity index (χ3n) is 8.42. The molecule has 0 aromatic rings. The van der Waals surface area contributed by atoms with Crippen molar-refractivity contribution in [3.8, 4) is 0 Å². The molecular formula is C27H55BN7O6S3. The third-order valence-corrected chi connectivity index (χ3v) is 11.7. The fraction of sp³-hybridized carbons (Fsp3) is 0.889. The van der Waals surface area contributed by atoms with Crippen molar-refractivity contribution < 1.29 is 25.3 Å². The van der Waals surface area contributed by atoms with Crippen molar-refractivity contribution in [2.45, 2.75) is 100 Å². The van der Waals surface area contributed by atoms with Gasteiger partial charge in [0.2, 0.25) is 5.96 Å². The first kappa shape index (κ1) is 42.1. The van der Waals surface area contributed by atoms with Crippen molar-refractivity contribution in [2.75, 3.05) is 50.1 Å². The average Bonchev–Trinajstić information content (AvgIpc) is 3.27. The lowest BCUT2D eigenvalue weighted by atomic mass is 9.65. The topological polar surface area (TPSA) is 161 Å². The van der Waals surface area contributed by atoms with E-state index in [1.165, 1.54) is 12.8 Å². The fourth-order valence-corrected chi connectivity index (χ4v) is 9.18. The molecule has 255 valence electrons. The van der Waals surface area contributed by atoms with Crippen LogP contribution in [0.5, 0.6) is 0 Å². The van der Waals surface area contributed by atoms with E-state index in [0.29, 0.717) is 30.9 Å². The first-order valence-corrected chi connectivity index (χ1v) is 19.2. The Labute approximate surface area is 269 Å². The number of guanidine groups is 1. The molecule has 2 bridgehead atoms. The summed E-state index contributed by atoms with van der Waals surface area (Å²) in [5.74, 6) is 2.42. The summed E-state index contributed by atoms with van der Waals surface area (Å²) in [6.07, 6.45) is 8.43. The minimum Gasteiger partial charge on any atom is -0.355 e. The van der Waals surface area contributed by atoms with Crippen LogP contribution < -0.4 is 4.72 Å². The number of hydrogen-bond acceptors (Lipinski definition) is 10.